The summed E-state index contributed by atoms with van der Waals surface area (Å²) in [6.45, 7) is 5.54. The number of nitrogens with zero attached hydrogens (tertiary/aromatic N) is 1. The molecule has 1 N–H and O–H groups in total. The quantitative estimate of drug-likeness (QED) is 0.912. The topological polar surface area (TPSA) is 45.0 Å². The summed E-state index contributed by atoms with van der Waals surface area (Å²) < 4.78 is 5.26. The van der Waals surface area contributed by atoms with Gasteiger partial charge in [-0.1, -0.05) is 32.8 Å². The average molecular weight is 272 g/mol. The molecule has 0 saturated heterocycles. The summed E-state index contributed by atoms with van der Waals surface area (Å²) >= 11 is 0. The second-order valence-corrected chi connectivity index (χ2v) is 5.90. The monoisotopic (exact) mass is 272 g/mol. The Kier molecular flexibility index (Phi) is 5.03. The third kappa shape index (κ3) is 3.32. The zero-order valence-electron chi connectivity index (χ0n) is 12.6. The van der Waals surface area contributed by atoms with Crippen molar-refractivity contribution in [2.75, 3.05) is 7.11 Å². The fraction of sp³-hybridized carbons (Fsp3) is 0.588. The summed E-state index contributed by atoms with van der Waals surface area (Å²) in [4.78, 5) is 0. The standard InChI is InChI=1S/C17H24N2O/c1-12-5-4-6-16(13(12)2)19-11-14-7-8-15(10-18)17(9-14)20-3/h7-9,12-13,16,19H,4-6,11H2,1-3H3. The summed E-state index contributed by atoms with van der Waals surface area (Å²) in [7, 11) is 1.61. The van der Waals surface area contributed by atoms with Crippen LogP contribution in [0.3, 0.4) is 0 Å². The van der Waals surface area contributed by atoms with Gasteiger partial charge >= 0.3 is 0 Å². The van der Waals surface area contributed by atoms with Gasteiger partial charge in [-0.2, -0.15) is 5.26 Å². The Morgan fingerprint density at radius 1 is 1.35 bits per heavy atom. The normalized spacial score (nSPS) is 26.0. The zero-order chi connectivity index (χ0) is 14.5. The number of hydrogen-bond acceptors (Lipinski definition) is 3. The first-order valence-corrected chi connectivity index (χ1v) is 7.46. The molecule has 0 radical (unpaired) electrons. The summed E-state index contributed by atoms with van der Waals surface area (Å²) in [5, 5.41) is 12.7. The molecular formula is C17H24N2O. The van der Waals surface area contributed by atoms with Crippen molar-refractivity contribution in [3.05, 3.63) is 29.3 Å². The van der Waals surface area contributed by atoms with Crippen LogP contribution in [0.5, 0.6) is 5.75 Å². The molecule has 1 fully saturated rings. The van der Waals surface area contributed by atoms with Gasteiger partial charge in [0, 0.05) is 12.6 Å². The van der Waals surface area contributed by atoms with E-state index in [1.807, 2.05) is 18.2 Å². The maximum Gasteiger partial charge on any atom is 0.136 e. The van der Waals surface area contributed by atoms with Crippen molar-refractivity contribution in [2.45, 2.75) is 45.7 Å². The zero-order valence-corrected chi connectivity index (χ0v) is 12.6. The van der Waals surface area contributed by atoms with E-state index < -0.39 is 0 Å². The lowest BCUT2D eigenvalue weighted by atomic mass is 9.78. The molecule has 3 heteroatoms. The van der Waals surface area contributed by atoms with Gasteiger partial charge in [0.1, 0.15) is 11.8 Å². The second-order valence-electron chi connectivity index (χ2n) is 5.90. The lowest BCUT2D eigenvalue weighted by Gasteiger charge is -2.34. The molecule has 1 aliphatic carbocycles. The van der Waals surface area contributed by atoms with Crippen molar-refractivity contribution < 1.29 is 4.74 Å². The number of hydrogen-bond donors (Lipinski definition) is 1. The van der Waals surface area contributed by atoms with Crippen LogP contribution in [0.25, 0.3) is 0 Å². The molecule has 2 rings (SSSR count). The highest BCUT2D eigenvalue weighted by Gasteiger charge is 2.26. The Morgan fingerprint density at radius 2 is 2.15 bits per heavy atom. The molecular weight excluding hydrogens is 248 g/mol. The number of rotatable bonds is 4. The number of ether oxygens (including phenoxy) is 1. The Morgan fingerprint density at radius 3 is 2.85 bits per heavy atom. The molecule has 3 nitrogen and oxygen atoms in total. The van der Waals surface area contributed by atoms with Gasteiger partial charge in [-0.05, 0) is 36.0 Å². The molecule has 0 amide bonds. The first-order chi connectivity index (χ1) is 9.65. The first kappa shape index (κ1) is 14.9. The highest BCUT2D eigenvalue weighted by Crippen LogP contribution is 2.29. The van der Waals surface area contributed by atoms with Crippen molar-refractivity contribution in [1.82, 2.24) is 5.32 Å². The first-order valence-electron chi connectivity index (χ1n) is 7.46. The number of nitrogens with one attached hydrogen (secondary N) is 1. The minimum atomic E-state index is 0.593. The highest BCUT2D eigenvalue weighted by molar-refractivity contribution is 5.45. The van der Waals surface area contributed by atoms with Gasteiger partial charge in [-0.15, -0.1) is 0 Å². The fourth-order valence-corrected chi connectivity index (χ4v) is 3.06. The maximum atomic E-state index is 8.99. The van der Waals surface area contributed by atoms with E-state index in [-0.39, 0.29) is 0 Å². The van der Waals surface area contributed by atoms with Crippen LogP contribution < -0.4 is 10.1 Å². The van der Waals surface area contributed by atoms with E-state index in [9.17, 15) is 0 Å². The fourth-order valence-electron chi connectivity index (χ4n) is 3.06. The summed E-state index contributed by atoms with van der Waals surface area (Å²) in [6, 6.07) is 8.55. The van der Waals surface area contributed by atoms with E-state index in [0.717, 1.165) is 18.4 Å². The predicted octanol–water partition coefficient (Wildman–Crippen LogP) is 3.48. The van der Waals surface area contributed by atoms with E-state index in [4.69, 9.17) is 10.00 Å². The molecule has 0 bridgehead atoms. The van der Waals surface area contributed by atoms with Crippen molar-refractivity contribution in [3.8, 4) is 11.8 Å². The van der Waals surface area contributed by atoms with Gasteiger partial charge in [0.25, 0.3) is 0 Å². The summed E-state index contributed by atoms with van der Waals surface area (Å²) in [5.74, 6) is 2.19. The van der Waals surface area contributed by atoms with E-state index in [2.05, 4.69) is 25.2 Å². The van der Waals surface area contributed by atoms with Crippen LogP contribution in [0.1, 0.15) is 44.2 Å². The van der Waals surface area contributed by atoms with E-state index in [1.165, 1.54) is 24.8 Å². The van der Waals surface area contributed by atoms with E-state index in [1.54, 1.807) is 7.11 Å². The molecule has 20 heavy (non-hydrogen) atoms. The largest absolute Gasteiger partial charge is 0.495 e. The van der Waals surface area contributed by atoms with Crippen LogP contribution in [0, 0.1) is 23.2 Å². The lowest BCUT2D eigenvalue weighted by Crippen LogP contribution is -2.40. The Balaban J connectivity index is 1.99. The van der Waals surface area contributed by atoms with Crippen molar-refractivity contribution >= 4 is 0 Å². The molecule has 1 aliphatic rings. The minimum Gasteiger partial charge on any atom is -0.495 e. The number of nitriles is 1. The molecule has 108 valence electrons. The van der Waals surface area contributed by atoms with Crippen LogP contribution in [0.2, 0.25) is 0 Å². The van der Waals surface area contributed by atoms with Crippen LogP contribution in [0.4, 0.5) is 0 Å². The van der Waals surface area contributed by atoms with Gasteiger partial charge in [0.15, 0.2) is 0 Å². The van der Waals surface area contributed by atoms with Crippen LogP contribution >= 0.6 is 0 Å². The highest BCUT2D eigenvalue weighted by atomic mass is 16.5. The Labute approximate surface area is 121 Å². The molecule has 3 atom stereocenters. The Hall–Kier alpha value is -1.53. The minimum absolute atomic E-state index is 0.593. The number of methoxy groups -OCH3 is 1. The molecule has 3 unspecified atom stereocenters. The smallest absolute Gasteiger partial charge is 0.136 e. The van der Waals surface area contributed by atoms with Gasteiger partial charge in [-0.25, -0.2) is 0 Å². The molecule has 1 saturated carbocycles. The number of benzene rings is 1. The van der Waals surface area contributed by atoms with Gasteiger partial charge in [0.2, 0.25) is 0 Å². The average Bonchev–Trinajstić information content (AvgIpc) is 2.48. The maximum absolute atomic E-state index is 8.99. The predicted molar refractivity (Wildman–Crippen MR) is 80.5 cm³/mol. The molecule has 0 spiro atoms. The van der Waals surface area contributed by atoms with Gasteiger partial charge < -0.3 is 10.1 Å². The summed E-state index contributed by atoms with van der Waals surface area (Å²) in [6.07, 6.45) is 3.93. The molecule has 0 aromatic heterocycles. The third-order valence-electron chi connectivity index (χ3n) is 4.66. The summed E-state index contributed by atoms with van der Waals surface area (Å²) in [5.41, 5.74) is 1.77. The van der Waals surface area contributed by atoms with Crippen LogP contribution in [-0.4, -0.2) is 13.2 Å². The third-order valence-corrected chi connectivity index (χ3v) is 4.66. The Bertz CT molecular complexity index is 492. The molecule has 1 aromatic carbocycles. The van der Waals surface area contributed by atoms with E-state index >= 15 is 0 Å². The van der Waals surface area contributed by atoms with E-state index in [0.29, 0.717) is 17.4 Å². The van der Waals surface area contributed by atoms with Crippen molar-refractivity contribution in [2.24, 2.45) is 11.8 Å². The van der Waals surface area contributed by atoms with Crippen LogP contribution in [-0.2, 0) is 6.54 Å². The van der Waals surface area contributed by atoms with Gasteiger partial charge in [0.05, 0.1) is 12.7 Å². The molecule has 0 aliphatic heterocycles. The van der Waals surface area contributed by atoms with Crippen molar-refractivity contribution in [3.63, 3.8) is 0 Å². The van der Waals surface area contributed by atoms with Crippen LogP contribution in [0.15, 0.2) is 18.2 Å². The molecule has 0 heterocycles. The lowest BCUT2D eigenvalue weighted by molar-refractivity contribution is 0.206. The second kappa shape index (κ2) is 6.76. The van der Waals surface area contributed by atoms with Crippen molar-refractivity contribution in [1.29, 1.82) is 5.26 Å². The van der Waals surface area contributed by atoms with Gasteiger partial charge in [-0.3, -0.25) is 0 Å². The molecule has 1 aromatic rings. The SMILES string of the molecule is COc1cc(CNC2CCCC(C)C2C)ccc1C#N.